The number of fused-ring (bicyclic) bond motifs is 3. The molecule has 2 fully saturated rings. The Morgan fingerprint density at radius 2 is 2.00 bits per heavy atom. The van der Waals surface area contributed by atoms with Crippen molar-refractivity contribution in [2.45, 2.75) is 83.5 Å². The van der Waals surface area contributed by atoms with Crippen LogP contribution < -0.4 is 10.2 Å². The van der Waals surface area contributed by atoms with Crippen molar-refractivity contribution in [3.8, 4) is 0 Å². The number of amides is 1. The first kappa shape index (κ1) is 22.9. The van der Waals surface area contributed by atoms with Gasteiger partial charge in [-0.1, -0.05) is 0 Å². The number of ether oxygens (including phenoxy) is 1. The van der Waals surface area contributed by atoms with Crippen LogP contribution in [-0.2, 0) is 4.74 Å². The molecule has 2 N–H and O–H groups in total. The second kappa shape index (κ2) is 8.72. The molecule has 0 radical (unpaired) electrons. The van der Waals surface area contributed by atoms with E-state index in [0.717, 1.165) is 59.7 Å². The van der Waals surface area contributed by atoms with Crippen molar-refractivity contribution >= 4 is 45.2 Å². The van der Waals surface area contributed by atoms with Crippen LogP contribution in [0.2, 0.25) is 0 Å². The Hall–Kier alpha value is -2.88. The van der Waals surface area contributed by atoms with E-state index in [1.54, 1.807) is 11.3 Å². The van der Waals surface area contributed by atoms with Crippen molar-refractivity contribution in [3.05, 3.63) is 23.2 Å². The maximum absolute atomic E-state index is 13.0. The van der Waals surface area contributed by atoms with E-state index in [9.17, 15) is 4.79 Å². The predicted octanol–water partition coefficient (Wildman–Crippen LogP) is 5.22. The third-order valence-electron chi connectivity index (χ3n) is 6.68. The van der Waals surface area contributed by atoms with Crippen LogP contribution in [-0.4, -0.2) is 61.9 Å². The first-order valence-electron chi connectivity index (χ1n) is 12.0. The zero-order valence-corrected chi connectivity index (χ0v) is 21.3. The number of hydrogen-bond donors (Lipinski definition) is 2. The number of piperidine rings is 2. The maximum atomic E-state index is 13.0. The maximum Gasteiger partial charge on any atom is 0.410 e. The summed E-state index contributed by atoms with van der Waals surface area (Å²) in [7, 11) is 2.07. The minimum atomic E-state index is -0.487. The van der Waals surface area contributed by atoms with E-state index < -0.39 is 5.60 Å². The Morgan fingerprint density at radius 1 is 1.26 bits per heavy atom. The van der Waals surface area contributed by atoms with Crippen LogP contribution in [0.3, 0.4) is 0 Å². The second-order valence-corrected chi connectivity index (χ2v) is 11.3. The third-order valence-corrected chi connectivity index (χ3v) is 7.49. The first-order chi connectivity index (χ1) is 16.2. The fraction of sp³-hybridized carbons (Fsp3) is 0.583. The van der Waals surface area contributed by atoms with Gasteiger partial charge < -0.3 is 19.9 Å². The average molecular weight is 484 g/mol. The molecule has 2 saturated heterocycles. The molecule has 9 nitrogen and oxygen atoms in total. The van der Waals surface area contributed by atoms with Gasteiger partial charge in [0.15, 0.2) is 5.82 Å². The molecule has 5 rings (SSSR count). The largest absolute Gasteiger partial charge is 0.444 e. The lowest BCUT2D eigenvalue weighted by atomic mass is 9.81. The summed E-state index contributed by atoms with van der Waals surface area (Å²) >= 11 is 1.61. The van der Waals surface area contributed by atoms with Crippen LogP contribution in [0.5, 0.6) is 0 Å². The van der Waals surface area contributed by atoms with Crippen LogP contribution in [0.15, 0.2) is 17.5 Å². The van der Waals surface area contributed by atoms with E-state index in [2.05, 4.69) is 27.5 Å². The highest BCUT2D eigenvalue weighted by atomic mass is 32.1. The summed E-state index contributed by atoms with van der Waals surface area (Å²) in [6.07, 6.45) is 4.77. The number of nitrogens with one attached hydrogen (secondary N) is 2. The molecule has 2 aliphatic heterocycles. The molecule has 2 bridgehead atoms. The summed E-state index contributed by atoms with van der Waals surface area (Å²) in [5.74, 6) is 2.18. The Kier molecular flexibility index (Phi) is 5.87. The summed E-state index contributed by atoms with van der Waals surface area (Å²) < 4.78 is 5.74. The van der Waals surface area contributed by atoms with E-state index >= 15 is 0 Å². The van der Waals surface area contributed by atoms with Crippen LogP contribution >= 0.6 is 11.3 Å². The number of aryl methyl sites for hydroxylation is 1. The molecule has 0 spiro atoms. The molecule has 34 heavy (non-hydrogen) atoms. The number of hydrogen-bond acceptors (Lipinski definition) is 8. The summed E-state index contributed by atoms with van der Waals surface area (Å²) in [6, 6.07) is 4.62. The normalized spacial score (nSPS) is 22.6. The van der Waals surface area contributed by atoms with E-state index in [4.69, 9.17) is 14.7 Å². The molecule has 3 aromatic rings. The smallest absolute Gasteiger partial charge is 0.410 e. The van der Waals surface area contributed by atoms with Crippen molar-refractivity contribution in [3.63, 3.8) is 0 Å². The number of carbonyl (C=O) groups excluding carboxylic acids is 1. The Bertz CT molecular complexity index is 1170. The lowest BCUT2D eigenvalue weighted by Gasteiger charge is -2.50. The highest BCUT2D eigenvalue weighted by Gasteiger charge is 2.44. The fourth-order valence-electron chi connectivity index (χ4n) is 5.15. The van der Waals surface area contributed by atoms with Gasteiger partial charge in [-0.2, -0.15) is 10.1 Å². The summed E-state index contributed by atoms with van der Waals surface area (Å²) in [5.41, 5.74) is 0.498. The number of aromatic amines is 1. The molecule has 182 valence electrons. The topological polar surface area (TPSA) is 99.3 Å². The number of carbonyl (C=O) groups is 1. The van der Waals surface area contributed by atoms with Gasteiger partial charge in [-0.05, 0) is 71.2 Å². The molecule has 3 aromatic heterocycles. The zero-order valence-electron chi connectivity index (χ0n) is 20.5. The quantitative estimate of drug-likeness (QED) is 0.525. The van der Waals surface area contributed by atoms with Crippen molar-refractivity contribution in [1.82, 2.24) is 25.1 Å². The van der Waals surface area contributed by atoms with Gasteiger partial charge in [0.2, 0.25) is 5.95 Å². The minimum Gasteiger partial charge on any atom is -0.444 e. The van der Waals surface area contributed by atoms with Gasteiger partial charge in [-0.3, -0.25) is 5.10 Å². The van der Waals surface area contributed by atoms with Gasteiger partial charge in [0.1, 0.15) is 16.2 Å². The number of rotatable bonds is 4. The molecule has 2 atom stereocenters. The molecule has 0 saturated carbocycles. The van der Waals surface area contributed by atoms with Crippen molar-refractivity contribution < 1.29 is 9.53 Å². The van der Waals surface area contributed by atoms with Gasteiger partial charge in [-0.25, -0.2) is 9.78 Å². The van der Waals surface area contributed by atoms with Gasteiger partial charge >= 0.3 is 6.09 Å². The van der Waals surface area contributed by atoms with E-state index in [-0.39, 0.29) is 24.2 Å². The second-order valence-electron chi connectivity index (χ2n) is 10.4. The molecule has 10 heteroatoms. The number of nitrogens with zero attached hydrogens (tertiary/aromatic N) is 5. The zero-order chi connectivity index (χ0) is 24.0. The molecule has 0 aromatic carbocycles. The number of aromatic nitrogens is 4. The van der Waals surface area contributed by atoms with Gasteiger partial charge in [-0.15, -0.1) is 11.3 Å². The van der Waals surface area contributed by atoms with E-state index in [0.29, 0.717) is 5.95 Å². The van der Waals surface area contributed by atoms with Gasteiger partial charge in [0, 0.05) is 36.9 Å². The van der Waals surface area contributed by atoms with Crippen LogP contribution in [0.1, 0.15) is 58.6 Å². The highest BCUT2D eigenvalue weighted by Crippen LogP contribution is 2.38. The standard InChI is InChI=1S/C24H33N7O2S/c1-14-11-19(29-28-14)25-20-18-9-10-34-21(18)27-22(26-20)30(5)17-12-15-7-6-8-16(13-17)31(15)23(32)33-24(2,3)4/h9-11,15-17H,6-8,12-13H2,1-5H3,(H2,25,26,27,28,29). The van der Waals surface area contributed by atoms with Crippen LogP contribution in [0, 0.1) is 6.92 Å². The molecule has 2 unspecified atom stereocenters. The molecule has 0 aliphatic carbocycles. The monoisotopic (exact) mass is 483 g/mol. The number of H-pyrrole nitrogens is 1. The summed E-state index contributed by atoms with van der Waals surface area (Å²) in [6.45, 7) is 7.75. The SMILES string of the molecule is Cc1cc(Nc2nc(N(C)C3CC4CCCC(C3)N4C(=O)OC(C)(C)C)nc3sccc23)n[nH]1. The lowest BCUT2D eigenvalue weighted by Crippen LogP contribution is -2.59. The average Bonchev–Trinajstić information content (AvgIpc) is 3.39. The van der Waals surface area contributed by atoms with Crippen molar-refractivity contribution in [1.29, 1.82) is 0 Å². The van der Waals surface area contributed by atoms with Crippen molar-refractivity contribution in [2.75, 3.05) is 17.3 Å². The Balaban J connectivity index is 1.38. The first-order valence-corrected chi connectivity index (χ1v) is 12.8. The van der Waals surface area contributed by atoms with Gasteiger partial charge in [0.05, 0.1) is 5.39 Å². The lowest BCUT2D eigenvalue weighted by molar-refractivity contribution is -0.0213. The Morgan fingerprint density at radius 3 is 2.65 bits per heavy atom. The number of thiophene rings is 1. The van der Waals surface area contributed by atoms with Gasteiger partial charge in [0.25, 0.3) is 0 Å². The fourth-order valence-corrected chi connectivity index (χ4v) is 5.90. The molecule has 2 aliphatic rings. The molecular formula is C24H33N7O2S. The summed E-state index contributed by atoms with van der Waals surface area (Å²) in [5, 5.41) is 13.6. The van der Waals surface area contributed by atoms with Crippen LogP contribution in [0.4, 0.5) is 22.4 Å². The molecule has 1 amide bonds. The van der Waals surface area contributed by atoms with Crippen LogP contribution in [0.25, 0.3) is 10.2 Å². The van der Waals surface area contributed by atoms with E-state index in [1.165, 1.54) is 0 Å². The number of anilines is 3. The predicted molar refractivity (Wildman–Crippen MR) is 135 cm³/mol. The molecular weight excluding hydrogens is 450 g/mol. The molecule has 5 heterocycles. The highest BCUT2D eigenvalue weighted by molar-refractivity contribution is 7.16. The third kappa shape index (κ3) is 4.55. The van der Waals surface area contributed by atoms with E-state index in [1.807, 2.05) is 50.1 Å². The summed E-state index contributed by atoms with van der Waals surface area (Å²) in [4.78, 5) is 27.9. The minimum absolute atomic E-state index is 0.180. The van der Waals surface area contributed by atoms with Crippen molar-refractivity contribution in [2.24, 2.45) is 0 Å². The Labute approximate surface area is 203 Å².